The van der Waals surface area contributed by atoms with Gasteiger partial charge in [-0.2, -0.15) is 13.2 Å². The van der Waals surface area contributed by atoms with Gasteiger partial charge in [-0.3, -0.25) is 4.79 Å². The highest BCUT2D eigenvalue weighted by atomic mass is 19.4. The molecule has 8 heteroatoms. The van der Waals surface area contributed by atoms with Crippen LogP contribution in [0.2, 0.25) is 0 Å². The minimum atomic E-state index is -4.50. The van der Waals surface area contributed by atoms with E-state index in [2.05, 4.69) is 0 Å². The first kappa shape index (κ1) is 18.5. The number of likely N-dealkylation sites (tertiary alicyclic amines) is 1. The average molecular weight is 371 g/mol. The maximum Gasteiger partial charge on any atom is 0.417 e. The first-order valence-electron chi connectivity index (χ1n) is 8.32. The molecule has 2 unspecified atom stereocenters. The van der Waals surface area contributed by atoms with Crippen molar-refractivity contribution in [1.82, 2.24) is 4.90 Å². The lowest BCUT2D eigenvalue weighted by Crippen LogP contribution is -2.52. The predicted octanol–water partition coefficient (Wildman–Crippen LogP) is 4.31. The highest BCUT2D eigenvalue weighted by Gasteiger charge is 2.51. The average Bonchev–Trinajstić information content (AvgIpc) is 2.82. The van der Waals surface area contributed by atoms with E-state index in [1.54, 1.807) is 27.7 Å². The second-order valence-electron chi connectivity index (χ2n) is 7.68. The lowest BCUT2D eigenvalue weighted by atomic mass is 9.88. The summed E-state index contributed by atoms with van der Waals surface area (Å²) >= 11 is 0. The molecular weight excluding hydrogens is 351 g/mol. The molecule has 26 heavy (non-hydrogen) atoms. The van der Waals surface area contributed by atoms with E-state index >= 15 is 0 Å². The highest BCUT2D eigenvalue weighted by molar-refractivity contribution is 5.95. The Bertz CT molecular complexity index is 754. The van der Waals surface area contributed by atoms with Gasteiger partial charge < -0.3 is 9.47 Å². The molecule has 1 aromatic rings. The van der Waals surface area contributed by atoms with Crippen molar-refractivity contribution in [3.8, 4) is 5.75 Å². The molecule has 0 saturated carbocycles. The zero-order valence-corrected chi connectivity index (χ0v) is 14.9. The van der Waals surface area contributed by atoms with E-state index in [4.69, 9.17) is 9.47 Å². The molecule has 2 amide bonds. The number of benzene rings is 1. The minimum Gasteiger partial charge on any atom is -0.487 e. The lowest BCUT2D eigenvalue weighted by Gasteiger charge is -2.38. The smallest absolute Gasteiger partial charge is 0.417 e. The van der Waals surface area contributed by atoms with Gasteiger partial charge in [-0.1, -0.05) is 13.0 Å². The van der Waals surface area contributed by atoms with E-state index in [0.29, 0.717) is 12.0 Å². The third-order valence-electron chi connectivity index (χ3n) is 4.40. The summed E-state index contributed by atoms with van der Waals surface area (Å²) in [6.45, 7) is 6.68. The number of imide groups is 1. The van der Waals surface area contributed by atoms with Crippen LogP contribution < -0.4 is 4.74 Å². The van der Waals surface area contributed by atoms with Crippen LogP contribution in [-0.4, -0.2) is 28.6 Å². The molecule has 1 fully saturated rings. The van der Waals surface area contributed by atoms with Crippen molar-refractivity contribution in [2.24, 2.45) is 5.92 Å². The van der Waals surface area contributed by atoms with Crippen LogP contribution in [-0.2, 0) is 15.7 Å². The first-order chi connectivity index (χ1) is 11.9. The van der Waals surface area contributed by atoms with Crippen molar-refractivity contribution in [3.05, 3.63) is 29.3 Å². The van der Waals surface area contributed by atoms with Gasteiger partial charge in [-0.25, -0.2) is 9.69 Å². The van der Waals surface area contributed by atoms with E-state index < -0.39 is 47.4 Å². The second kappa shape index (κ2) is 5.89. The molecule has 2 aliphatic rings. The monoisotopic (exact) mass is 371 g/mol. The molecule has 2 heterocycles. The summed E-state index contributed by atoms with van der Waals surface area (Å²) in [5.74, 6) is -0.873. The van der Waals surface area contributed by atoms with Crippen LogP contribution in [0, 0.1) is 5.92 Å². The molecular formula is C18H20F3NO4. The van der Waals surface area contributed by atoms with Gasteiger partial charge in [0.15, 0.2) is 0 Å². The zero-order valence-electron chi connectivity index (χ0n) is 14.9. The highest BCUT2D eigenvalue weighted by Crippen LogP contribution is 2.48. The fourth-order valence-electron chi connectivity index (χ4n) is 3.31. The van der Waals surface area contributed by atoms with Crippen LogP contribution in [0.5, 0.6) is 5.75 Å². The molecule has 3 rings (SSSR count). The Morgan fingerprint density at radius 2 is 1.92 bits per heavy atom. The number of fused-ring (bicyclic) bond motifs is 3. The topological polar surface area (TPSA) is 55.8 Å². The van der Waals surface area contributed by atoms with Crippen LogP contribution in [0.1, 0.15) is 51.3 Å². The summed E-state index contributed by atoms with van der Waals surface area (Å²) in [4.78, 5) is 26.2. The Hall–Kier alpha value is -2.25. The van der Waals surface area contributed by atoms with Gasteiger partial charge in [0.2, 0.25) is 5.91 Å². The van der Waals surface area contributed by atoms with Gasteiger partial charge >= 0.3 is 12.3 Å². The third-order valence-corrected chi connectivity index (χ3v) is 4.40. The van der Waals surface area contributed by atoms with Crippen molar-refractivity contribution in [1.29, 1.82) is 0 Å². The van der Waals surface area contributed by atoms with Gasteiger partial charge in [0, 0.05) is 11.5 Å². The van der Waals surface area contributed by atoms with Gasteiger partial charge in [0.05, 0.1) is 5.56 Å². The number of carbonyl (C=O) groups excluding carboxylic acids is 2. The Labute approximate surface area is 149 Å². The number of ether oxygens (including phenoxy) is 2. The maximum absolute atomic E-state index is 12.9. The summed E-state index contributed by atoms with van der Waals surface area (Å²) in [5, 5.41) is 0. The number of nitrogens with zero attached hydrogens (tertiary/aromatic N) is 1. The molecule has 3 atom stereocenters. The van der Waals surface area contributed by atoms with Crippen molar-refractivity contribution in [3.63, 3.8) is 0 Å². The summed E-state index contributed by atoms with van der Waals surface area (Å²) in [6.07, 6.45) is -5.59. The molecule has 0 spiro atoms. The standard InChI is InChI=1S/C18H20F3NO4/c1-9-7-13-14(22(15(9)23)16(24)26-17(2,3)4)11-6-5-10(18(19,20)21)8-12(11)25-13/h5-6,8-9,13-14H,7H2,1-4H3/t9-,13?,14?/m0/s1. The molecule has 0 bridgehead atoms. The summed E-state index contributed by atoms with van der Waals surface area (Å²) < 4.78 is 49.8. The normalized spacial score (nSPS) is 25.4. The zero-order chi connectivity index (χ0) is 19.4. The Morgan fingerprint density at radius 3 is 2.50 bits per heavy atom. The fourth-order valence-corrected chi connectivity index (χ4v) is 3.31. The van der Waals surface area contributed by atoms with Crippen LogP contribution in [0.25, 0.3) is 0 Å². The Kier molecular flexibility index (Phi) is 4.20. The molecule has 0 radical (unpaired) electrons. The van der Waals surface area contributed by atoms with Gasteiger partial charge in [0.1, 0.15) is 23.5 Å². The van der Waals surface area contributed by atoms with Crippen LogP contribution >= 0.6 is 0 Å². The lowest BCUT2D eigenvalue weighted by molar-refractivity contribution is -0.143. The number of piperidine rings is 1. The fraction of sp³-hybridized carbons (Fsp3) is 0.556. The number of alkyl halides is 3. The molecule has 0 aliphatic carbocycles. The first-order valence-corrected chi connectivity index (χ1v) is 8.32. The number of hydrogen-bond acceptors (Lipinski definition) is 4. The maximum atomic E-state index is 12.9. The van der Waals surface area contributed by atoms with Gasteiger partial charge in [-0.05, 0) is 39.3 Å². The molecule has 2 aliphatic heterocycles. The van der Waals surface area contributed by atoms with E-state index in [1.807, 2.05) is 0 Å². The van der Waals surface area contributed by atoms with E-state index in [0.717, 1.165) is 17.0 Å². The number of hydrogen-bond donors (Lipinski definition) is 0. The van der Waals surface area contributed by atoms with Gasteiger partial charge in [0.25, 0.3) is 0 Å². The second-order valence-corrected chi connectivity index (χ2v) is 7.68. The largest absolute Gasteiger partial charge is 0.487 e. The number of halogens is 3. The van der Waals surface area contributed by atoms with Crippen molar-refractivity contribution in [2.45, 2.75) is 58.0 Å². The molecule has 142 valence electrons. The molecule has 0 aromatic heterocycles. The van der Waals surface area contributed by atoms with E-state index in [1.165, 1.54) is 6.07 Å². The number of carbonyl (C=O) groups is 2. The Balaban J connectivity index is 2.00. The van der Waals surface area contributed by atoms with Crippen molar-refractivity contribution in [2.75, 3.05) is 0 Å². The predicted molar refractivity (Wildman–Crippen MR) is 85.5 cm³/mol. The quantitative estimate of drug-likeness (QED) is 0.682. The number of rotatable bonds is 0. The van der Waals surface area contributed by atoms with E-state index in [-0.39, 0.29) is 5.75 Å². The molecule has 1 aromatic carbocycles. The van der Waals surface area contributed by atoms with Crippen LogP contribution in [0.15, 0.2) is 18.2 Å². The summed E-state index contributed by atoms with van der Waals surface area (Å²) in [5.41, 5.74) is -1.26. The molecule has 0 N–H and O–H groups in total. The van der Waals surface area contributed by atoms with Crippen LogP contribution in [0.4, 0.5) is 18.0 Å². The van der Waals surface area contributed by atoms with Crippen LogP contribution in [0.3, 0.4) is 0 Å². The number of amides is 2. The van der Waals surface area contributed by atoms with Gasteiger partial charge in [-0.15, -0.1) is 0 Å². The van der Waals surface area contributed by atoms with Crippen molar-refractivity contribution < 1.29 is 32.2 Å². The van der Waals surface area contributed by atoms with E-state index in [9.17, 15) is 22.8 Å². The molecule has 1 saturated heterocycles. The molecule has 5 nitrogen and oxygen atoms in total. The Morgan fingerprint density at radius 1 is 1.27 bits per heavy atom. The minimum absolute atomic E-state index is 0.0466. The SMILES string of the molecule is C[C@H]1CC2Oc3cc(C(F)(F)F)ccc3C2N(C(=O)OC(C)(C)C)C1=O. The summed E-state index contributed by atoms with van der Waals surface area (Å²) in [7, 11) is 0. The van der Waals surface area contributed by atoms with Crippen molar-refractivity contribution >= 4 is 12.0 Å². The summed E-state index contributed by atoms with van der Waals surface area (Å²) in [6, 6.07) is 2.32. The third kappa shape index (κ3) is 3.24.